The van der Waals surface area contributed by atoms with Gasteiger partial charge in [-0.25, -0.2) is 0 Å². The molecule has 0 saturated carbocycles. The van der Waals surface area contributed by atoms with E-state index in [1.165, 1.54) is 0 Å². The highest BCUT2D eigenvalue weighted by atomic mass is 35.5. The number of hydrogen-bond acceptors (Lipinski definition) is 3. The van der Waals surface area contributed by atoms with Crippen molar-refractivity contribution >= 4 is 22.4 Å². The first kappa shape index (κ1) is 14.6. The van der Waals surface area contributed by atoms with Gasteiger partial charge in [-0.2, -0.15) is 0 Å². The number of hydrogen-bond donors (Lipinski definition) is 0. The third-order valence-corrected chi connectivity index (χ3v) is 4.10. The van der Waals surface area contributed by atoms with E-state index in [-0.39, 0.29) is 0 Å². The molecule has 3 rings (SSSR count). The second-order valence-electron chi connectivity index (χ2n) is 5.25. The molecule has 1 heterocycles. The summed E-state index contributed by atoms with van der Waals surface area (Å²) in [6.45, 7) is 5.47. The van der Waals surface area contributed by atoms with Crippen molar-refractivity contribution in [2.75, 3.05) is 39.5 Å². The van der Waals surface area contributed by atoms with Gasteiger partial charge in [-0.15, -0.1) is 0 Å². The zero-order valence-corrected chi connectivity index (χ0v) is 12.8. The van der Waals surface area contributed by atoms with Crippen LogP contribution in [0.5, 0.6) is 5.75 Å². The SMILES string of the molecule is Clc1ccc2ccccc2c1OCCCN1CCOCC1. The molecule has 1 aliphatic rings. The number of nitrogens with zero attached hydrogens (tertiary/aromatic N) is 1. The second kappa shape index (κ2) is 7.12. The van der Waals surface area contributed by atoms with Gasteiger partial charge in [-0.05, 0) is 17.9 Å². The molecule has 2 aromatic rings. The molecule has 3 nitrogen and oxygen atoms in total. The van der Waals surface area contributed by atoms with Crippen molar-refractivity contribution in [3.8, 4) is 5.75 Å². The molecule has 0 radical (unpaired) electrons. The summed E-state index contributed by atoms with van der Waals surface area (Å²) in [4.78, 5) is 2.41. The molecule has 4 heteroatoms. The first-order valence-electron chi connectivity index (χ1n) is 7.45. The van der Waals surface area contributed by atoms with Gasteiger partial charge in [0, 0.05) is 25.0 Å². The van der Waals surface area contributed by atoms with E-state index in [2.05, 4.69) is 17.0 Å². The number of fused-ring (bicyclic) bond motifs is 1. The first-order chi connectivity index (χ1) is 10.3. The Morgan fingerprint density at radius 1 is 1.10 bits per heavy atom. The molecule has 0 amide bonds. The predicted octanol–water partition coefficient (Wildman–Crippen LogP) is 3.59. The van der Waals surface area contributed by atoms with E-state index < -0.39 is 0 Å². The monoisotopic (exact) mass is 305 g/mol. The lowest BCUT2D eigenvalue weighted by Crippen LogP contribution is -2.37. The molecule has 0 spiro atoms. The number of rotatable bonds is 5. The van der Waals surface area contributed by atoms with Crippen LogP contribution in [0.1, 0.15) is 6.42 Å². The van der Waals surface area contributed by atoms with E-state index in [4.69, 9.17) is 21.1 Å². The largest absolute Gasteiger partial charge is 0.491 e. The first-order valence-corrected chi connectivity index (χ1v) is 7.82. The third-order valence-electron chi connectivity index (χ3n) is 3.80. The average molecular weight is 306 g/mol. The molecule has 2 aromatic carbocycles. The van der Waals surface area contributed by atoms with Gasteiger partial charge in [0.1, 0.15) is 5.75 Å². The van der Waals surface area contributed by atoms with Crippen molar-refractivity contribution in [1.29, 1.82) is 0 Å². The maximum Gasteiger partial charge on any atom is 0.145 e. The van der Waals surface area contributed by atoms with Crippen LogP contribution in [0.3, 0.4) is 0 Å². The van der Waals surface area contributed by atoms with Gasteiger partial charge in [0.05, 0.1) is 24.8 Å². The molecule has 0 unspecified atom stereocenters. The van der Waals surface area contributed by atoms with Gasteiger partial charge in [-0.3, -0.25) is 4.90 Å². The Kier molecular flexibility index (Phi) is 4.96. The molecule has 1 fully saturated rings. The van der Waals surface area contributed by atoms with Crippen LogP contribution in [-0.4, -0.2) is 44.4 Å². The standard InChI is InChI=1S/C17H20ClNO2/c18-16-7-6-14-4-1-2-5-15(14)17(16)21-11-3-8-19-9-12-20-13-10-19/h1-2,4-7H,3,8-13H2. The molecule has 0 bridgehead atoms. The van der Waals surface area contributed by atoms with Gasteiger partial charge < -0.3 is 9.47 Å². The molecular formula is C17H20ClNO2. The topological polar surface area (TPSA) is 21.7 Å². The Morgan fingerprint density at radius 3 is 2.76 bits per heavy atom. The number of benzene rings is 2. The van der Waals surface area contributed by atoms with Crippen LogP contribution in [0, 0.1) is 0 Å². The van der Waals surface area contributed by atoms with Crippen molar-refractivity contribution in [3.63, 3.8) is 0 Å². The zero-order chi connectivity index (χ0) is 14.5. The molecular weight excluding hydrogens is 286 g/mol. The van der Waals surface area contributed by atoms with Crippen LogP contribution in [0.2, 0.25) is 5.02 Å². The third kappa shape index (κ3) is 3.67. The van der Waals surface area contributed by atoms with Crippen molar-refractivity contribution in [1.82, 2.24) is 4.90 Å². The molecule has 0 aromatic heterocycles. The summed E-state index contributed by atoms with van der Waals surface area (Å²) < 4.78 is 11.3. The number of morpholine rings is 1. The van der Waals surface area contributed by atoms with Crippen LogP contribution in [0.4, 0.5) is 0 Å². The molecule has 112 valence electrons. The minimum Gasteiger partial charge on any atom is -0.491 e. The zero-order valence-electron chi connectivity index (χ0n) is 12.1. The van der Waals surface area contributed by atoms with Crippen LogP contribution in [0.15, 0.2) is 36.4 Å². The van der Waals surface area contributed by atoms with Crippen LogP contribution in [0.25, 0.3) is 10.8 Å². The fourth-order valence-electron chi connectivity index (χ4n) is 2.65. The van der Waals surface area contributed by atoms with E-state index in [9.17, 15) is 0 Å². The summed E-state index contributed by atoms with van der Waals surface area (Å²) in [5.41, 5.74) is 0. The highest BCUT2D eigenvalue weighted by Crippen LogP contribution is 2.33. The van der Waals surface area contributed by atoms with Crippen molar-refractivity contribution < 1.29 is 9.47 Å². The summed E-state index contributed by atoms with van der Waals surface area (Å²) in [5, 5.41) is 2.92. The smallest absolute Gasteiger partial charge is 0.145 e. The molecule has 21 heavy (non-hydrogen) atoms. The molecule has 0 atom stereocenters. The molecule has 0 aliphatic carbocycles. The summed E-state index contributed by atoms with van der Waals surface area (Å²) in [6, 6.07) is 12.1. The Bertz CT molecular complexity index is 596. The fraction of sp³-hybridized carbons (Fsp3) is 0.412. The van der Waals surface area contributed by atoms with Crippen LogP contribution >= 0.6 is 11.6 Å². The quantitative estimate of drug-likeness (QED) is 0.788. The van der Waals surface area contributed by atoms with Gasteiger partial charge in [0.25, 0.3) is 0 Å². The maximum atomic E-state index is 6.28. The highest BCUT2D eigenvalue weighted by Gasteiger charge is 2.10. The molecule has 1 saturated heterocycles. The predicted molar refractivity (Wildman–Crippen MR) is 86.3 cm³/mol. The fourth-order valence-corrected chi connectivity index (χ4v) is 2.87. The van der Waals surface area contributed by atoms with Crippen molar-refractivity contribution in [2.24, 2.45) is 0 Å². The Hall–Kier alpha value is -1.29. The van der Waals surface area contributed by atoms with Crippen LogP contribution in [-0.2, 0) is 4.74 Å². The lowest BCUT2D eigenvalue weighted by Gasteiger charge is -2.26. The summed E-state index contributed by atoms with van der Waals surface area (Å²) in [6.07, 6.45) is 1.000. The summed E-state index contributed by atoms with van der Waals surface area (Å²) in [5.74, 6) is 0.803. The lowest BCUT2D eigenvalue weighted by atomic mass is 10.1. The Labute approximate surface area is 130 Å². The summed E-state index contributed by atoms with van der Waals surface area (Å²) in [7, 11) is 0. The lowest BCUT2D eigenvalue weighted by molar-refractivity contribution is 0.0358. The summed E-state index contributed by atoms with van der Waals surface area (Å²) >= 11 is 6.28. The van der Waals surface area contributed by atoms with E-state index in [0.717, 1.165) is 55.8 Å². The Morgan fingerprint density at radius 2 is 1.90 bits per heavy atom. The minimum atomic E-state index is 0.681. The van der Waals surface area contributed by atoms with Gasteiger partial charge in [0.15, 0.2) is 0 Å². The molecule has 0 N–H and O–H groups in total. The Balaban J connectivity index is 1.58. The number of halogens is 1. The number of ether oxygens (including phenoxy) is 2. The van der Waals surface area contributed by atoms with E-state index >= 15 is 0 Å². The van der Waals surface area contributed by atoms with Gasteiger partial charge in [0.2, 0.25) is 0 Å². The maximum absolute atomic E-state index is 6.28. The van der Waals surface area contributed by atoms with Gasteiger partial charge in [-0.1, -0.05) is 41.9 Å². The minimum absolute atomic E-state index is 0.681. The second-order valence-corrected chi connectivity index (χ2v) is 5.66. The highest BCUT2D eigenvalue weighted by molar-refractivity contribution is 6.33. The van der Waals surface area contributed by atoms with Crippen LogP contribution < -0.4 is 4.74 Å². The van der Waals surface area contributed by atoms with E-state index in [0.29, 0.717) is 11.6 Å². The average Bonchev–Trinajstić information content (AvgIpc) is 2.54. The van der Waals surface area contributed by atoms with Crippen molar-refractivity contribution in [3.05, 3.63) is 41.4 Å². The van der Waals surface area contributed by atoms with E-state index in [1.807, 2.05) is 24.3 Å². The van der Waals surface area contributed by atoms with Gasteiger partial charge >= 0.3 is 0 Å². The van der Waals surface area contributed by atoms with E-state index in [1.54, 1.807) is 0 Å². The van der Waals surface area contributed by atoms with Crippen molar-refractivity contribution in [2.45, 2.75) is 6.42 Å². The molecule has 1 aliphatic heterocycles. The normalized spacial score (nSPS) is 16.2.